The summed E-state index contributed by atoms with van der Waals surface area (Å²) >= 11 is 0. The van der Waals surface area contributed by atoms with E-state index in [9.17, 15) is 4.79 Å². The number of hydrogen-bond donors (Lipinski definition) is 1. The van der Waals surface area contributed by atoms with E-state index in [1.54, 1.807) is 4.90 Å². The van der Waals surface area contributed by atoms with Crippen LogP contribution in [0.3, 0.4) is 0 Å². The van der Waals surface area contributed by atoms with Crippen LogP contribution < -0.4 is 9.64 Å². The van der Waals surface area contributed by atoms with Gasteiger partial charge in [0, 0.05) is 5.92 Å². The van der Waals surface area contributed by atoms with Crippen molar-refractivity contribution in [2.24, 2.45) is 5.92 Å². The highest BCUT2D eigenvalue weighted by molar-refractivity contribution is 5.84. The Morgan fingerprint density at radius 3 is 2.59 bits per heavy atom. The molecule has 4 rings (SSSR count). The summed E-state index contributed by atoms with van der Waals surface area (Å²) < 4.78 is 5.79. The van der Waals surface area contributed by atoms with E-state index in [0.717, 1.165) is 49.3 Å². The van der Waals surface area contributed by atoms with Gasteiger partial charge in [-0.1, -0.05) is 43.7 Å². The van der Waals surface area contributed by atoms with Gasteiger partial charge in [-0.05, 0) is 42.2 Å². The molecule has 0 bridgehead atoms. The third kappa shape index (κ3) is 4.27. The zero-order valence-corrected chi connectivity index (χ0v) is 16.3. The van der Waals surface area contributed by atoms with E-state index in [2.05, 4.69) is 19.1 Å². The van der Waals surface area contributed by atoms with Gasteiger partial charge in [0.25, 0.3) is 5.91 Å². The van der Waals surface area contributed by atoms with Gasteiger partial charge in [-0.2, -0.15) is 0 Å². The van der Waals surface area contributed by atoms with Crippen LogP contribution >= 0.6 is 0 Å². The summed E-state index contributed by atoms with van der Waals surface area (Å²) in [5.74, 6) is 1.70. The summed E-state index contributed by atoms with van der Waals surface area (Å²) in [6, 6.07) is 15.0. The molecule has 4 heteroatoms. The highest BCUT2D eigenvalue weighted by Crippen LogP contribution is 2.22. The van der Waals surface area contributed by atoms with Crippen molar-refractivity contribution in [1.29, 1.82) is 0 Å². The fourth-order valence-corrected chi connectivity index (χ4v) is 4.83. The van der Waals surface area contributed by atoms with E-state index in [1.165, 1.54) is 31.1 Å². The van der Waals surface area contributed by atoms with Crippen molar-refractivity contribution in [2.75, 3.05) is 32.8 Å². The number of piperazine rings is 1. The highest BCUT2D eigenvalue weighted by Gasteiger charge is 2.33. The van der Waals surface area contributed by atoms with Gasteiger partial charge in [0.15, 0.2) is 6.61 Å². The molecule has 2 aliphatic rings. The minimum absolute atomic E-state index is 0.110. The molecule has 0 unspecified atom stereocenters. The maximum absolute atomic E-state index is 12.6. The number of benzene rings is 2. The summed E-state index contributed by atoms with van der Waals surface area (Å²) in [6.07, 6.45) is 5.49. The molecule has 2 aromatic carbocycles. The molecule has 4 nitrogen and oxygen atoms in total. The standard InChI is InChI=1S/C23H30N2O2/c1-18-6-2-5-9-22(18)24-12-14-25(15-13-24)23(26)17-27-21-11-10-19-7-3-4-8-20(19)16-21/h3-4,7-8,10-11,16,18,22H,2,5-6,9,12-15,17H2,1H3/p+1/t18-,22+/m0/s1. The Labute approximate surface area is 162 Å². The Morgan fingerprint density at radius 2 is 1.81 bits per heavy atom. The van der Waals surface area contributed by atoms with Gasteiger partial charge in [-0.25, -0.2) is 0 Å². The van der Waals surface area contributed by atoms with E-state index in [4.69, 9.17) is 4.74 Å². The summed E-state index contributed by atoms with van der Waals surface area (Å²) in [5, 5.41) is 2.33. The minimum atomic E-state index is 0.110. The molecule has 2 atom stereocenters. The third-order valence-electron chi connectivity index (χ3n) is 6.48. The quantitative estimate of drug-likeness (QED) is 0.901. The van der Waals surface area contributed by atoms with Crippen LogP contribution in [0.4, 0.5) is 0 Å². The molecule has 0 radical (unpaired) electrons. The topological polar surface area (TPSA) is 34.0 Å². The smallest absolute Gasteiger partial charge is 0.260 e. The van der Waals surface area contributed by atoms with Crippen molar-refractivity contribution in [3.05, 3.63) is 42.5 Å². The predicted octanol–water partition coefficient (Wildman–Crippen LogP) is 2.52. The summed E-state index contributed by atoms with van der Waals surface area (Å²) in [4.78, 5) is 16.3. The fourth-order valence-electron chi connectivity index (χ4n) is 4.83. The van der Waals surface area contributed by atoms with E-state index in [-0.39, 0.29) is 12.5 Å². The summed E-state index contributed by atoms with van der Waals surface area (Å²) in [5.41, 5.74) is 0. The molecule has 27 heavy (non-hydrogen) atoms. The van der Waals surface area contributed by atoms with E-state index in [0.29, 0.717) is 0 Å². The number of quaternary nitrogens is 1. The molecule has 144 valence electrons. The molecule has 1 saturated carbocycles. The number of nitrogens with zero attached hydrogens (tertiary/aromatic N) is 1. The highest BCUT2D eigenvalue weighted by atomic mass is 16.5. The van der Waals surface area contributed by atoms with Crippen LogP contribution in [0.25, 0.3) is 10.8 Å². The van der Waals surface area contributed by atoms with Crippen LogP contribution in [0.1, 0.15) is 32.6 Å². The second-order valence-corrected chi connectivity index (χ2v) is 8.20. The number of fused-ring (bicyclic) bond motifs is 1. The second-order valence-electron chi connectivity index (χ2n) is 8.20. The van der Waals surface area contributed by atoms with Crippen LogP contribution in [0, 0.1) is 5.92 Å². The van der Waals surface area contributed by atoms with Gasteiger partial charge in [0.1, 0.15) is 5.75 Å². The normalized spacial score (nSPS) is 24.1. The first kappa shape index (κ1) is 18.3. The molecule has 1 saturated heterocycles. The SMILES string of the molecule is C[C@H]1CCCC[C@H]1[NH+]1CCN(C(=O)COc2ccc3ccccc3c2)CC1. The lowest BCUT2D eigenvalue weighted by Gasteiger charge is -2.40. The molecule has 2 aromatic rings. The van der Waals surface area contributed by atoms with E-state index >= 15 is 0 Å². The number of nitrogens with one attached hydrogen (secondary N) is 1. The van der Waals surface area contributed by atoms with Crippen LogP contribution in [0.15, 0.2) is 42.5 Å². The molecule has 1 aliphatic carbocycles. The molecular weight excluding hydrogens is 336 g/mol. The van der Waals surface area contributed by atoms with E-state index in [1.807, 2.05) is 35.2 Å². The molecule has 1 N–H and O–H groups in total. The molecule has 1 amide bonds. The lowest BCUT2D eigenvalue weighted by molar-refractivity contribution is -0.934. The van der Waals surface area contributed by atoms with Crippen LogP contribution in [-0.4, -0.2) is 49.6 Å². The van der Waals surface area contributed by atoms with Gasteiger partial charge in [-0.3, -0.25) is 4.79 Å². The zero-order chi connectivity index (χ0) is 18.6. The number of carbonyl (C=O) groups is 1. The number of ether oxygens (including phenoxy) is 1. The van der Waals surface area contributed by atoms with Gasteiger partial charge >= 0.3 is 0 Å². The first-order valence-corrected chi connectivity index (χ1v) is 10.4. The fraction of sp³-hybridized carbons (Fsp3) is 0.522. The average Bonchev–Trinajstić information content (AvgIpc) is 2.72. The number of hydrogen-bond acceptors (Lipinski definition) is 2. The Kier molecular flexibility index (Phi) is 5.63. The van der Waals surface area contributed by atoms with Crippen molar-refractivity contribution in [1.82, 2.24) is 4.90 Å². The largest absolute Gasteiger partial charge is 0.484 e. The van der Waals surface area contributed by atoms with Crippen molar-refractivity contribution in [3.63, 3.8) is 0 Å². The third-order valence-corrected chi connectivity index (χ3v) is 6.48. The van der Waals surface area contributed by atoms with Crippen LogP contribution in [-0.2, 0) is 4.79 Å². The molecule has 2 fully saturated rings. The molecular formula is C23H31N2O2+. The number of carbonyl (C=O) groups excluding carboxylic acids is 1. The van der Waals surface area contributed by atoms with Crippen LogP contribution in [0.5, 0.6) is 5.75 Å². The average molecular weight is 368 g/mol. The first-order valence-electron chi connectivity index (χ1n) is 10.4. The van der Waals surface area contributed by atoms with Crippen molar-refractivity contribution >= 4 is 16.7 Å². The first-order chi connectivity index (χ1) is 13.2. The second kappa shape index (κ2) is 8.30. The van der Waals surface area contributed by atoms with Crippen molar-refractivity contribution < 1.29 is 14.4 Å². The van der Waals surface area contributed by atoms with E-state index < -0.39 is 0 Å². The Bertz CT molecular complexity index is 783. The maximum atomic E-state index is 12.6. The van der Waals surface area contributed by atoms with Crippen molar-refractivity contribution in [3.8, 4) is 5.75 Å². The molecule has 0 spiro atoms. The van der Waals surface area contributed by atoms with Gasteiger partial charge < -0.3 is 14.5 Å². The molecule has 1 heterocycles. The minimum Gasteiger partial charge on any atom is -0.484 e. The molecule has 0 aromatic heterocycles. The lowest BCUT2D eigenvalue weighted by Crippen LogP contribution is -3.19. The summed E-state index contributed by atoms with van der Waals surface area (Å²) in [6.45, 7) is 6.42. The van der Waals surface area contributed by atoms with Gasteiger partial charge in [-0.15, -0.1) is 0 Å². The number of amides is 1. The van der Waals surface area contributed by atoms with Gasteiger partial charge in [0.2, 0.25) is 0 Å². The summed E-state index contributed by atoms with van der Waals surface area (Å²) in [7, 11) is 0. The predicted molar refractivity (Wildman–Crippen MR) is 108 cm³/mol. The Hall–Kier alpha value is -2.07. The molecule has 1 aliphatic heterocycles. The Morgan fingerprint density at radius 1 is 1.07 bits per heavy atom. The van der Waals surface area contributed by atoms with Crippen molar-refractivity contribution in [2.45, 2.75) is 38.6 Å². The number of rotatable bonds is 4. The monoisotopic (exact) mass is 367 g/mol. The maximum Gasteiger partial charge on any atom is 0.260 e. The zero-order valence-electron chi connectivity index (χ0n) is 16.3. The van der Waals surface area contributed by atoms with Gasteiger partial charge in [0.05, 0.1) is 32.2 Å². The Balaban J connectivity index is 1.27. The lowest BCUT2D eigenvalue weighted by atomic mass is 9.84. The van der Waals surface area contributed by atoms with Crippen LogP contribution in [0.2, 0.25) is 0 Å².